The molecule has 3 aromatic carbocycles. The van der Waals surface area contributed by atoms with E-state index in [4.69, 9.17) is 0 Å². The van der Waals surface area contributed by atoms with E-state index in [0.717, 1.165) is 11.3 Å². The van der Waals surface area contributed by atoms with E-state index in [2.05, 4.69) is 48.3 Å². The third-order valence-corrected chi connectivity index (χ3v) is 3.14. The van der Waals surface area contributed by atoms with Crippen molar-refractivity contribution in [2.24, 2.45) is 4.99 Å². The van der Waals surface area contributed by atoms with E-state index in [9.17, 15) is 0 Å². The van der Waals surface area contributed by atoms with E-state index in [-0.39, 0.29) is 0 Å². The monoisotopic (exact) mass is 245 g/mol. The van der Waals surface area contributed by atoms with Crippen molar-refractivity contribution < 1.29 is 0 Å². The van der Waals surface area contributed by atoms with Crippen LogP contribution in [0.4, 0.5) is 5.69 Å². The van der Waals surface area contributed by atoms with Crippen molar-refractivity contribution in [2.75, 3.05) is 0 Å². The second-order valence-corrected chi connectivity index (χ2v) is 4.70. The SMILES string of the molecule is Cc1ccc2cc(N=Cc3ccccc3)ccc2c1. The molecule has 0 N–H and O–H groups in total. The molecule has 1 heteroatoms. The molecule has 1 nitrogen and oxygen atoms in total. The zero-order valence-electron chi connectivity index (χ0n) is 10.9. The Bertz CT molecular complexity index is 727. The summed E-state index contributed by atoms with van der Waals surface area (Å²) in [6.07, 6.45) is 1.90. The summed E-state index contributed by atoms with van der Waals surface area (Å²) in [6, 6.07) is 22.9. The zero-order valence-corrected chi connectivity index (χ0v) is 10.9. The first-order valence-corrected chi connectivity index (χ1v) is 6.41. The van der Waals surface area contributed by atoms with E-state index in [1.54, 1.807) is 0 Å². The first kappa shape index (κ1) is 11.7. The fraction of sp³-hybridized carbons (Fsp3) is 0.0556. The van der Waals surface area contributed by atoms with E-state index in [1.165, 1.54) is 16.3 Å². The van der Waals surface area contributed by atoms with Crippen LogP contribution in [0.15, 0.2) is 71.7 Å². The number of aliphatic imine (C=N–C) groups is 1. The van der Waals surface area contributed by atoms with Gasteiger partial charge in [0.05, 0.1) is 5.69 Å². The molecule has 0 saturated carbocycles. The van der Waals surface area contributed by atoms with Gasteiger partial charge in [0, 0.05) is 6.21 Å². The Kier molecular flexibility index (Phi) is 3.11. The highest BCUT2D eigenvalue weighted by Crippen LogP contribution is 2.22. The standard InChI is InChI=1S/C18H15N/c1-14-7-8-17-12-18(10-9-16(17)11-14)19-13-15-5-3-2-4-6-15/h2-13H,1H3. The Morgan fingerprint density at radius 3 is 2.37 bits per heavy atom. The Morgan fingerprint density at radius 1 is 0.789 bits per heavy atom. The maximum Gasteiger partial charge on any atom is 0.0636 e. The average Bonchev–Trinajstić information content (AvgIpc) is 2.46. The molecule has 0 spiro atoms. The molecule has 3 aromatic rings. The molecular weight excluding hydrogens is 230 g/mol. The Labute approximate surface area is 113 Å². The van der Waals surface area contributed by atoms with Crippen molar-refractivity contribution in [1.29, 1.82) is 0 Å². The minimum absolute atomic E-state index is 0.986. The molecule has 0 aromatic heterocycles. The third kappa shape index (κ3) is 2.71. The lowest BCUT2D eigenvalue weighted by molar-refractivity contribution is 1.49. The van der Waals surface area contributed by atoms with E-state index in [1.807, 2.05) is 36.5 Å². The number of benzene rings is 3. The minimum Gasteiger partial charge on any atom is -0.256 e. The molecule has 0 bridgehead atoms. The van der Waals surface area contributed by atoms with Gasteiger partial charge >= 0.3 is 0 Å². The average molecular weight is 245 g/mol. The molecule has 0 unspecified atom stereocenters. The quantitative estimate of drug-likeness (QED) is 0.569. The van der Waals surface area contributed by atoms with Gasteiger partial charge in [-0.2, -0.15) is 0 Å². The van der Waals surface area contributed by atoms with Gasteiger partial charge in [0.2, 0.25) is 0 Å². The second kappa shape index (κ2) is 5.07. The topological polar surface area (TPSA) is 12.4 Å². The van der Waals surface area contributed by atoms with Crippen LogP contribution in [-0.4, -0.2) is 6.21 Å². The van der Waals surface area contributed by atoms with Crippen LogP contribution in [0.3, 0.4) is 0 Å². The van der Waals surface area contributed by atoms with Gasteiger partial charge in [0.1, 0.15) is 0 Å². The third-order valence-electron chi connectivity index (χ3n) is 3.14. The molecule has 0 aliphatic heterocycles. The lowest BCUT2D eigenvalue weighted by Gasteiger charge is -2.01. The highest BCUT2D eigenvalue weighted by molar-refractivity contribution is 5.88. The molecule has 0 aliphatic rings. The fourth-order valence-electron chi connectivity index (χ4n) is 2.12. The van der Waals surface area contributed by atoms with Crippen LogP contribution < -0.4 is 0 Å². The van der Waals surface area contributed by atoms with Gasteiger partial charge in [-0.05, 0) is 35.4 Å². The predicted octanol–water partition coefficient (Wildman–Crippen LogP) is 4.90. The largest absolute Gasteiger partial charge is 0.256 e. The van der Waals surface area contributed by atoms with Crippen molar-refractivity contribution in [3.8, 4) is 0 Å². The Balaban J connectivity index is 1.94. The van der Waals surface area contributed by atoms with Crippen molar-refractivity contribution in [3.63, 3.8) is 0 Å². The molecule has 0 aliphatic carbocycles. The van der Waals surface area contributed by atoms with E-state index >= 15 is 0 Å². The second-order valence-electron chi connectivity index (χ2n) is 4.70. The summed E-state index contributed by atoms with van der Waals surface area (Å²) in [5.74, 6) is 0. The van der Waals surface area contributed by atoms with Gasteiger partial charge in [-0.1, -0.05) is 60.2 Å². The summed E-state index contributed by atoms with van der Waals surface area (Å²) in [6.45, 7) is 2.11. The highest BCUT2D eigenvalue weighted by Gasteiger charge is 1.95. The Morgan fingerprint density at radius 2 is 1.53 bits per heavy atom. The summed E-state index contributed by atoms with van der Waals surface area (Å²) in [7, 11) is 0. The number of nitrogens with zero attached hydrogens (tertiary/aromatic N) is 1. The van der Waals surface area contributed by atoms with E-state index < -0.39 is 0 Å². The number of rotatable bonds is 2. The van der Waals surface area contributed by atoms with Crippen molar-refractivity contribution >= 4 is 22.7 Å². The number of hydrogen-bond acceptors (Lipinski definition) is 1. The van der Waals surface area contributed by atoms with Gasteiger partial charge in [0.25, 0.3) is 0 Å². The van der Waals surface area contributed by atoms with Gasteiger partial charge in [-0.15, -0.1) is 0 Å². The van der Waals surface area contributed by atoms with Crippen LogP contribution in [-0.2, 0) is 0 Å². The summed E-state index contributed by atoms with van der Waals surface area (Å²) >= 11 is 0. The number of aryl methyl sites for hydroxylation is 1. The molecule has 3 rings (SSSR count). The molecule has 0 atom stereocenters. The normalized spacial score (nSPS) is 11.2. The lowest BCUT2D eigenvalue weighted by Crippen LogP contribution is -1.79. The van der Waals surface area contributed by atoms with Gasteiger partial charge in [0.15, 0.2) is 0 Å². The van der Waals surface area contributed by atoms with Crippen molar-refractivity contribution in [3.05, 3.63) is 77.9 Å². The van der Waals surface area contributed by atoms with Crippen molar-refractivity contribution in [1.82, 2.24) is 0 Å². The first-order chi connectivity index (χ1) is 9.31. The number of hydrogen-bond donors (Lipinski definition) is 0. The zero-order chi connectivity index (χ0) is 13.1. The molecule has 0 heterocycles. The maximum atomic E-state index is 4.52. The minimum atomic E-state index is 0.986. The van der Waals surface area contributed by atoms with Crippen LogP contribution in [0.5, 0.6) is 0 Å². The van der Waals surface area contributed by atoms with Crippen LogP contribution >= 0.6 is 0 Å². The van der Waals surface area contributed by atoms with Gasteiger partial charge in [-0.25, -0.2) is 0 Å². The molecule has 92 valence electrons. The van der Waals surface area contributed by atoms with Crippen molar-refractivity contribution in [2.45, 2.75) is 6.92 Å². The molecule has 19 heavy (non-hydrogen) atoms. The smallest absolute Gasteiger partial charge is 0.0636 e. The first-order valence-electron chi connectivity index (χ1n) is 6.41. The summed E-state index contributed by atoms with van der Waals surface area (Å²) < 4.78 is 0. The molecule has 0 saturated heterocycles. The van der Waals surface area contributed by atoms with Crippen LogP contribution in [0.25, 0.3) is 10.8 Å². The summed E-state index contributed by atoms with van der Waals surface area (Å²) in [5, 5.41) is 2.49. The molecule has 0 radical (unpaired) electrons. The lowest BCUT2D eigenvalue weighted by atomic mass is 10.1. The summed E-state index contributed by atoms with van der Waals surface area (Å²) in [5.41, 5.74) is 3.39. The van der Waals surface area contributed by atoms with Crippen LogP contribution in [0.2, 0.25) is 0 Å². The maximum absolute atomic E-state index is 4.52. The predicted molar refractivity (Wildman–Crippen MR) is 82.4 cm³/mol. The van der Waals surface area contributed by atoms with Gasteiger partial charge in [-0.3, -0.25) is 4.99 Å². The van der Waals surface area contributed by atoms with Crippen LogP contribution in [0, 0.1) is 6.92 Å². The summed E-state index contributed by atoms with van der Waals surface area (Å²) in [4.78, 5) is 4.52. The molecule has 0 amide bonds. The fourth-order valence-corrected chi connectivity index (χ4v) is 2.12. The molecule has 0 fully saturated rings. The van der Waals surface area contributed by atoms with Crippen LogP contribution in [0.1, 0.15) is 11.1 Å². The number of fused-ring (bicyclic) bond motifs is 1. The highest BCUT2D eigenvalue weighted by atomic mass is 14.7. The van der Waals surface area contributed by atoms with Gasteiger partial charge < -0.3 is 0 Å². The van der Waals surface area contributed by atoms with E-state index in [0.29, 0.717) is 0 Å². The molecular formula is C18H15N. The Hall–Kier alpha value is -2.41.